The predicted molar refractivity (Wildman–Crippen MR) is 82.3 cm³/mol. The fourth-order valence-electron chi connectivity index (χ4n) is 3.20. The van der Waals surface area contributed by atoms with Gasteiger partial charge in [0.1, 0.15) is 0 Å². The van der Waals surface area contributed by atoms with Crippen LogP contribution in [0.25, 0.3) is 0 Å². The molecule has 2 aliphatic rings. The molecular weight excluding hydrogens is 266 g/mol. The molecule has 2 N–H and O–H groups in total. The lowest BCUT2D eigenvalue weighted by Gasteiger charge is -2.22. The summed E-state index contributed by atoms with van der Waals surface area (Å²) >= 11 is 0. The molecule has 0 saturated carbocycles. The minimum Gasteiger partial charge on any atom is -0.330 e. The van der Waals surface area contributed by atoms with Gasteiger partial charge in [0.2, 0.25) is 11.8 Å². The third-order valence-corrected chi connectivity index (χ3v) is 4.39. The van der Waals surface area contributed by atoms with Gasteiger partial charge >= 0.3 is 0 Å². The molecule has 112 valence electrons. The number of benzene rings is 1. The van der Waals surface area contributed by atoms with Gasteiger partial charge < -0.3 is 15.5 Å². The van der Waals surface area contributed by atoms with Crippen molar-refractivity contribution < 1.29 is 9.59 Å². The highest BCUT2D eigenvalue weighted by Crippen LogP contribution is 2.31. The maximum Gasteiger partial charge on any atom is 0.227 e. The SMILES string of the molecule is Cc1cc(N2CC(CN)CC2=O)ccc1N1CCCC1=O. The van der Waals surface area contributed by atoms with Crippen molar-refractivity contribution in [3.05, 3.63) is 23.8 Å². The number of hydrogen-bond donors (Lipinski definition) is 1. The van der Waals surface area contributed by atoms with E-state index >= 15 is 0 Å². The highest BCUT2D eigenvalue weighted by atomic mass is 16.2. The Labute approximate surface area is 124 Å². The Hall–Kier alpha value is -1.88. The number of carbonyl (C=O) groups excluding carboxylic acids is 2. The molecule has 2 fully saturated rings. The van der Waals surface area contributed by atoms with Gasteiger partial charge in [-0.25, -0.2) is 0 Å². The lowest BCUT2D eigenvalue weighted by molar-refractivity contribution is -0.118. The molecule has 0 bridgehead atoms. The maximum absolute atomic E-state index is 12.1. The summed E-state index contributed by atoms with van der Waals surface area (Å²) in [6.07, 6.45) is 2.08. The Kier molecular flexibility index (Phi) is 3.68. The summed E-state index contributed by atoms with van der Waals surface area (Å²) in [6.45, 7) is 4.01. The van der Waals surface area contributed by atoms with Crippen molar-refractivity contribution in [2.24, 2.45) is 11.7 Å². The topological polar surface area (TPSA) is 66.6 Å². The summed E-state index contributed by atoms with van der Waals surface area (Å²) in [6, 6.07) is 5.89. The normalized spacial score (nSPS) is 22.5. The van der Waals surface area contributed by atoms with Crippen molar-refractivity contribution in [2.75, 3.05) is 29.4 Å². The van der Waals surface area contributed by atoms with Crippen molar-refractivity contribution in [2.45, 2.75) is 26.2 Å². The van der Waals surface area contributed by atoms with E-state index in [9.17, 15) is 9.59 Å². The van der Waals surface area contributed by atoms with Gasteiger partial charge in [-0.1, -0.05) is 0 Å². The number of carbonyl (C=O) groups is 2. The summed E-state index contributed by atoms with van der Waals surface area (Å²) in [5, 5.41) is 0. The van der Waals surface area contributed by atoms with E-state index in [1.807, 2.05) is 30.0 Å². The van der Waals surface area contributed by atoms with Crippen LogP contribution in [0.4, 0.5) is 11.4 Å². The number of anilines is 2. The van der Waals surface area contributed by atoms with E-state index in [1.54, 1.807) is 4.90 Å². The van der Waals surface area contributed by atoms with Gasteiger partial charge in [0.05, 0.1) is 0 Å². The predicted octanol–water partition coefficient (Wildman–Crippen LogP) is 1.43. The Morgan fingerprint density at radius 2 is 2.05 bits per heavy atom. The first-order chi connectivity index (χ1) is 10.1. The van der Waals surface area contributed by atoms with Crippen LogP contribution >= 0.6 is 0 Å². The average molecular weight is 287 g/mol. The largest absolute Gasteiger partial charge is 0.330 e. The number of amides is 2. The first-order valence-corrected chi connectivity index (χ1v) is 7.51. The van der Waals surface area contributed by atoms with Gasteiger partial charge in [-0.05, 0) is 49.6 Å². The third kappa shape index (κ3) is 2.53. The summed E-state index contributed by atoms with van der Waals surface area (Å²) in [7, 11) is 0. The minimum atomic E-state index is 0.134. The summed E-state index contributed by atoms with van der Waals surface area (Å²) in [4.78, 5) is 27.6. The summed E-state index contributed by atoms with van der Waals surface area (Å²) in [5.41, 5.74) is 8.57. The van der Waals surface area contributed by atoms with Crippen molar-refractivity contribution in [1.29, 1.82) is 0 Å². The molecule has 2 saturated heterocycles. The van der Waals surface area contributed by atoms with Crippen LogP contribution in [-0.2, 0) is 9.59 Å². The van der Waals surface area contributed by atoms with Crippen molar-refractivity contribution in [3.63, 3.8) is 0 Å². The van der Waals surface area contributed by atoms with Gasteiger partial charge in [0.15, 0.2) is 0 Å². The van der Waals surface area contributed by atoms with E-state index in [2.05, 4.69) is 0 Å². The Morgan fingerprint density at radius 1 is 1.24 bits per heavy atom. The second-order valence-electron chi connectivity index (χ2n) is 5.93. The molecule has 1 aromatic rings. The number of aryl methyl sites for hydroxylation is 1. The molecule has 0 spiro atoms. The fraction of sp³-hybridized carbons (Fsp3) is 0.500. The molecule has 0 aromatic heterocycles. The van der Waals surface area contributed by atoms with Gasteiger partial charge in [-0.3, -0.25) is 9.59 Å². The Balaban J connectivity index is 1.84. The van der Waals surface area contributed by atoms with Crippen LogP contribution < -0.4 is 15.5 Å². The molecule has 2 heterocycles. The quantitative estimate of drug-likeness (QED) is 0.914. The van der Waals surface area contributed by atoms with E-state index in [-0.39, 0.29) is 17.7 Å². The Morgan fingerprint density at radius 3 is 2.62 bits per heavy atom. The molecule has 2 amide bonds. The van der Waals surface area contributed by atoms with Crippen LogP contribution in [0.15, 0.2) is 18.2 Å². The lowest BCUT2D eigenvalue weighted by atomic mass is 10.1. The van der Waals surface area contributed by atoms with Crippen LogP contribution in [0.3, 0.4) is 0 Å². The molecule has 0 aliphatic carbocycles. The second kappa shape index (κ2) is 5.48. The average Bonchev–Trinajstić information content (AvgIpc) is 3.05. The van der Waals surface area contributed by atoms with Crippen LogP contribution in [0.2, 0.25) is 0 Å². The molecule has 3 rings (SSSR count). The summed E-state index contributed by atoms with van der Waals surface area (Å²) in [5.74, 6) is 0.568. The molecule has 1 unspecified atom stereocenters. The molecule has 1 aromatic carbocycles. The highest BCUT2D eigenvalue weighted by molar-refractivity contribution is 5.98. The molecule has 0 radical (unpaired) electrons. The molecule has 5 heteroatoms. The third-order valence-electron chi connectivity index (χ3n) is 4.39. The van der Waals surface area contributed by atoms with Crippen LogP contribution in [0.1, 0.15) is 24.8 Å². The van der Waals surface area contributed by atoms with Gasteiger partial charge in [0.25, 0.3) is 0 Å². The number of nitrogens with zero attached hydrogens (tertiary/aromatic N) is 2. The molecule has 1 atom stereocenters. The van der Waals surface area contributed by atoms with Gasteiger partial charge in [-0.15, -0.1) is 0 Å². The second-order valence-corrected chi connectivity index (χ2v) is 5.93. The van der Waals surface area contributed by atoms with Crippen molar-refractivity contribution in [1.82, 2.24) is 0 Å². The number of rotatable bonds is 3. The minimum absolute atomic E-state index is 0.134. The van der Waals surface area contributed by atoms with E-state index in [4.69, 9.17) is 5.73 Å². The first kappa shape index (κ1) is 14.1. The molecule has 5 nitrogen and oxygen atoms in total. The molecular formula is C16H21N3O2. The van der Waals surface area contributed by atoms with Crippen LogP contribution in [-0.4, -0.2) is 31.4 Å². The zero-order valence-corrected chi connectivity index (χ0v) is 12.3. The van der Waals surface area contributed by atoms with Crippen molar-refractivity contribution in [3.8, 4) is 0 Å². The van der Waals surface area contributed by atoms with Crippen LogP contribution in [0.5, 0.6) is 0 Å². The highest BCUT2D eigenvalue weighted by Gasteiger charge is 2.30. The van der Waals surface area contributed by atoms with Gasteiger partial charge in [0, 0.05) is 37.3 Å². The Bertz CT molecular complexity index is 585. The van der Waals surface area contributed by atoms with E-state index < -0.39 is 0 Å². The zero-order chi connectivity index (χ0) is 15.0. The smallest absolute Gasteiger partial charge is 0.227 e. The van der Waals surface area contributed by atoms with E-state index in [1.165, 1.54) is 0 Å². The maximum atomic E-state index is 12.1. The zero-order valence-electron chi connectivity index (χ0n) is 12.3. The number of nitrogens with two attached hydrogens (primary N) is 1. The van der Waals surface area contributed by atoms with E-state index in [0.29, 0.717) is 25.9 Å². The standard InChI is InChI=1S/C16H21N3O2/c1-11-7-13(19-10-12(9-17)8-16(19)21)4-5-14(11)18-6-2-3-15(18)20/h4-5,7,12H,2-3,6,8-10,17H2,1H3. The van der Waals surface area contributed by atoms with E-state index in [0.717, 1.165) is 29.9 Å². The fourth-order valence-corrected chi connectivity index (χ4v) is 3.20. The lowest BCUT2D eigenvalue weighted by Crippen LogP contribution is -2.27. The molecule has 2 aliphatic heterocycles. The summed E-state index contributed by atoms with van der Waals surface area (Å²) < 4.78 is 0. The number of hydrogen-bond acceptors (Lipinski definition) is 3. The van der Waals surface area contributed by atoms with Crippen molar-refractivity contribution >= 4 is 23.2 Å². The molecule has 21 heavy (non-hydrogen) atoms. The van der Waals surface area contributed by atoms with Crippen LogP contribution in [0, 0.1) is 12.8 Å². The first-order valence-electron chi connectivity index (χ1n) is 7.51. The monoisotopic (exact) mass is 287 g/mol. The van der Waals surface area contributed by atoms with Gasteiger partial charge in [-0.2, -0.15) is 0 Å².